The normalized spacial score (nSPS) is 19.0. The van der Waals surface area contributed by atoms with Gasteiger partial charge in [-0.25, -0.2) is 19.2 Å². The number of likely N-dealkylation sites (tertiary alicyclic amines) is 1. The first-order valence-corrected chi connectivity index (χ1v) is 10.4. The summed E-state index contributed by atoms with van der Waals surface area (Å²) >= 11 is 0. The van der Waals surface area contributed by atoms with E-state index in [9.17, 15) is 9.18 Å². The van der Waals surface area contributed by atoms with Gasteiger partial charge in [0.25, 0.3) is 0 Å². The predicted octanol–water partition coefficient (Wildman–Crippen LogP) is 3.16. The summed E-state index contributed by atoms with van der Waals surface area (Å²) < 4.78 is 25.3. The molecule has 32 heavy (non-hydrogen) atoms. The van der Waals surface area contributed by atoms with Gasteiger partial charge in [0.2, 0.25) is 5.88 Å². The van der Waals surface area contributed by atoms with Gasteiger partial charge < -0.3 is 20.5 Å². The van der Waals surface area contributed by atoms with Gasteiger partial charge in [0.1, 0.15) is 17.3 Å². The summed E-state index contributed by atoms with van der Waals surface area (Å²) in [6, 6.07) is 11.2. The Balaban J connectivity index is 1.75. The minimum atomic E-state index is -0.572. The Hall–Kier alpha value is -3.46. The zero-order valence-electron chi connectivity index (χ0n) is 18.0. The number of amides is 2. The maximum absolute atomic E-state index is 14.4. The number of nitrogens with two attached hydrogens (primary N) is 1. The van der Waals surface area contributed by atoms with Gasteiger partial charge in [0.15, 0.2) is 0 Å². The number of benzene rings is 2. The number of piperidine rings is 1. The molecule has 1 fully saturated rings. The average molecular weight is 439 g/mol. The molecule has 2 atom stereocenters. The Kier molecular flexibility index (Phi) is 6.36. The SMILES string of the molecule is COc1ccc2nc(OC)c(C3CC(NC(N)=O)CCN3Cc3ccccc3F)nc2c1. The average Bonchev–Trinajstić information content (AvgIpc) is 2.79. The van der Waals surface area contributed by atoms with Crippen LogP contribution in [0.5, 0.6) is 11.6 Å². The van der Waals surface area contributed by atoms with Crippen LogP contribution in [0.1, 0.15) is 30.1 Å². The third-order valence-corrected chi connectivity index (χ3v) is 5.76. The fourth-order valence-corrected chi connectivity index (χ4v) is 4.19. The number of ether oxygens (including phenoxy) is 2. The van der Waals surface area contributed by atoms with Crippen LogP contribution in [0.3, 0.4) is 0 Å². The Morgan fingerprint density at radius 3 is 2.72 bits per heavy atom. The van der Waals surface area contributed by atoms with E-state index in [-0.39, 0.29) is 17.9 Å². The van der Waals surface area contributed by atoms with E-state index in [1.807, 2.05) is 24.3 Å². The van der Waals surface area contributed by atoms with Crippen molar-refractivity contribution in [3.05, 3.63) is 59.5 Å². The summed E-state index contributed by atoms with van der Waals surface area (Å²) in [4.78, 5) is 23.1. The number of nitrogens with zero attached hydrogens (tertiary/aromatic N) is 3. The van der Waals surface area contributed by atoms with Crippen molar-refractivity contribution in [3.8, 4) is 11.6 Å². The molecule has 2 amide bonds. The van der Waals surface area contributed by atoms with Crippen molar-refractivity contribution in [1.29, 1.82) is 0 Å². The number of nitrogens with one attached hydrogen (secondary N) is 1. The van der Waals surface area contributed by atoms with Crippen LogP contribution in [-0.4, -0.2) is 47.7 Å². The molecule has 1 saturated heterocycles. The lowest BCUT2D eigenvalue weighted by molar-refractivity contribution is 0.113. The van der Waals surface area contributed by atoms with Gasteiger partial charge in [-0.15, -0.1) is 0 Å². The van der Waals surface area contributed by atoms with Crippen LogP contribution in [0.15, 0.2) is 42.5 Å². The van der Waals surface area contributed by atoms with Crippen molar-refractivity contribution < 1.29 is 18.7 Å². The fraction of sp³-hybridized carbons (Fsp3) is 0.348. The molecule has 4 rings (SSSR count). The Bertz CT molecular complexity index is 1130. The molecule has 2 aromatic carbocycles. The highest BCUT2D eigenvalue weighted by molar-refractivity contribution is 5.77. The molecule has 168 valence electrons. The van der Waals surface area contributed by atoms with Gasteiger partial charge in [0, 0.05) is 30.8 Å². The molecule has 0 saturated carbocycles. The second kappa shape index (κ2) is 9.35. The monoisotopic (exact) mass is 439 g/mol. The van der Waals surface area contributed by atoms with Crippen LogP contribution in [0.25, 0.3) is 11.0 Å². The van der Waals surface area contributed by atoms with Crippen molar-refractivity contribution in [2.45, 2.75) is 31.5 Å². The van der Waals surface area contributed by atoms with E-state index in [0.717, 1.165) is 0 Å². The van der Waals surface area contributed by atoms with E-state index in [1.165, 1.54) is 6.07 Å². The van der Waals surface area contributed by atoms with Gasteiger partial charge in [-0.1, -0.05) is 18.2 Å². The number of halogens is 1. The van der Waals surface area contributed by atoms with Crippen molar-refractivity contribution in [2.75, 3.05) is 20.8 Å². The summed E-state index contributed by atoms with van der Waals surface area (Å²) in [6.45, 7) is 1.01. The molecule has 1 aliphatic rings. The number of carbonyl (C=O) groups excluding carboxylic acids is 1. The largest absolute Gasteiger partial charge is 0.497 e. The Labute approximate surface area is 185 Å². The smallest absolute Gasteiger partial charge is 0.312 e. The van der Waals surface area contributed by atoms with Crippen LogP contribution in [0.4, 0.5) is 9.18 Å². The van der Waals surface area contributed by atoms with Gasteiger partial charge in [-0.2, -0.15) is 0 Å². The summed E-state index contributed by atoms with van der Waals surface area (Å²) in [5, 5.41) is 2.80. The highest BCUT2D eigenvalue weighted by Gasteiger charge is 2.34. The molecule has 9 heteroatoms. The molecule has 0 radical (unpaired) electrons. The third kappa shape index (κ3) is 4.57. The second-order valence-corrected chi connectivity index (χ2v) is 7.78. The molecule has 3 N–H and O–H groups in total. The molecule has 1 aliphatic heterocycles. The molecule has 3 aromatic rings. The number of hydrogen-bond acceptors (Lipinski definition) is 6. The second-order valence-electron chi connectivity index (χ2n) is 7.78. The maximum atomic E-state index is 14.4. The minimum Gasteiger partial charge on any atom is -0.497 e. The number of urea groups is 1. The van der Waals surface area contributed by atoms with Crippen LogP contribution in [0.2, 0.25) is 0 Å². The number of fused-ring (bicyclic) bond motifs is 1. The van der Waals surface area contributed by atoms with E-state index in [0.29, 0.717) is 59.9 Å². The van der Waals surface area contributed by atoms with Gasteiger partial charge in [-0.3, -0.25) is 4.90 Å². The zero-order valence-corrected chi connectivity index (χ0v) is 18.0. The van der Waals surface area contributed by atoms with Crippen molar-refractivity contribution in [1.82, 2.24) is 20.2 Å². The Morgan fingerprint density at radius 2 is 2.00 bits per heavy atom. The molecule has 8 nitrogen and oxygen atoms in total. The molecule has 0 spiro atoms. The Morgan fingerprint density at radius 1 is 1.19 bits per heavy atom. The topological polar surface area (TPSA) is 103 Å². The van der Waals surface area contributed by atoms with Gasteiger partial charge in [-0.05, 0) is 31.0 Å². The lowest BCUT2D eigenvalue weighted by Crippen LogP contribution is -2.47. The summed E-state index contributed by atoms with van der Waals surface area (Å²) in [6.07, 6.45) is 1.23. The van der Waals surface area contributed by atoms with Crippen LogP contribution in [0, 0.1) is 5.82 Å². The third-order valence-electron chi connectivity index (χ3n) is 5.76. The molecular weight excluding hydrogens is 413 g/mol. The van der Waals surface area contributed by atoms with E-state index >= 15 is 0 Å². The summed E-state index contributed by atoms with van der Waals surface area (Å²) in [5.41, 5.74) is 7.92. The number of rotatable bonds is 6. The van der Waals surface area contributed by atoms with E-state index in [2.05, 4.69) is 15.2 Å². The number of carbonyl (C=O) groups is 1. The van der Waals surface area contributed by atoms with E-state index < -0.39 is 6.03 Å². The van der Waals surface area contributed by atoms with Crippen LogP contribution >= 0.6 is 0 Å². The zero-order chi connectivity index (χ0) is 22.7. The van der Waals surface area contributed by atoms with Crippen molar-refractivity contribution in [2.24, 2.45) is 5.73 Å². The van der Waals surface area contributed by atoms with E-state index in [1.54, 1.807) is 26.4 Å². The van der Waals surface area contributed by atoms with Gasteiger partial charge in [0.05, 0.1) is 31.3 Å². The highest BCUT2D eigenvalue weighted by atomic mass is 19.1. The summed E-state index contributed by atoms with van der Waals surface area (Å²) in [7, 11) is 3.14. The molecule has 0 bridgehead atoms. The van der Waals surface area contributed by atoms with Crippen LogP contribution in [-0.2, 0) is 6.54 Å². The van der Waals surface area contributed by atoms with Gasteiger partial charge >= 0.3 is 6.03 Å². The lowest BCUT2D eigenvalue weighted by atomic mass is 9.93. The molecule has 0 aliphatic carbocycles. The first kappa shape index (κ1) is 21.8. The van der Waals surface area contributed by atoms with Crippen molar-refractivity contribution in [3.63, 3.8) is 0 Å². The number of methoxy groups -OCH3 is 2. The highest BCUT2D eigenvalue weighted by Crippen LogP contribution is 2.36. The minimum absolute atomic E-state index is 0.137. The number of hydrogen-bond donors (Lipinski definition) is 2. The molecule has 2 unspecified atom stereocenters. The first-order valence-electron chi connectivity index (χ1n) is 10.4. The predicted molar refractivity (Wildman–Crippen MR) is 118 cm³/mol. The van der Waals surface area contributed by atoms with Crippen LogP contribution < -0.4 is 20.5 Å². The number of primary amides is 1. The fourth-order valence-electron chi connectivity index (χ4n) is 4.19. The first-order chi connectivity index (χ1) is 15.5. The molecule has 1 aromatic heterocycles. The van der Waals surface area contributed by atoms with E-state index in [4.69, 9.17) is 20.2 Å². The maximum Gasteiger partial charge on any atom is 0.312 e. The standard InChI is InChI=1S/C23H26FN5O3/c1-31-16-7-8-18-19(12-16)27-21(22(28-18)32-2)20-11-15(26-23(25)30)9-10-29(20)13-14-5-3-4-6-17(14)24/h3-8,12,15,20H,9-11,13H2,1-2H3,(H3,25,26,30). The number of aromatic nitrogens is 2. The quantitative estimate of drug-likeness (QED) is 0.612. The summed E-state index contributed by atoms with van der Waals surface area (Å²) in [5.74, 6) is 0.805. The molecule has 2 heterocycles. The lowest BCUT2D eigenvalue weighted by Gasteiger charge is -2.39. The van der Waals surface area contributed by atoms with Crippen molar-refractivity contribution >= 4 is 17.1 Å². The molecular formula is C23H26FN5O3.